The van der Waals surface area contributed by atoms with Crippen molar-refractivity contribution in [1.29, 1.82) is 0 Å². The summed E-state index contributed by atoms with van der Waals surface area (Å²) in [4.78, 5) is 3.76. The van der Waals surface area contributed by atoms with Gasteiger partial charge in [0.2, 0.25) is 0 Å². The molecule has 0 aliphatic rings. The third kappa shape index (κ3) is 2.62. The maximum Gasteiger partial charge on any atom is 0.265 e. The molecule has 110 valence electrons. The molecule has 0 saturated heterocycles. The predicted molar refractivity (Wildman–Crippen MR) is 86.0 cm³/mol. The van der Waals surface area contributed by atoms with E-state index >= 15 is 0 Å². The Kier molecular flexibility index (Phi) is 3.61. The number of aromatic nitrogens is 2. The molecule has 5 nitrogen and oxygen atoms in total. The Morgan fingerprint density at radius 2 is 2.10 bits per heavy atom. The van der Waals surface area contributed by atoms with Crippen molar-refractivity contribution in [2.24, 2.45) is 0 Å². The lowest BCUT2D eigenvalue weighted by Gasteiger charge is -2.05. The number of nitrogens with one attached hydrogen (secondary N) is 2. The largest absolute Gasteiger partial charge is 0.360 e. The second kappa shape index (κ2) is 5.17. The van der Waals surface area contributed by atoms with Gasteiger partial charge in [0, 0.05) is 27.0 Å². The van der Waals surface area contributed by atoms with Crippen molar-refractivity contribution in [3.05, 3.63) is 39.3 Å². The van der Waals surface area contributed by atoms with Gasteiger partial charge in [-0.15, -0.1) is 0 Å². The van der Waals surface area contributed by atoms with Crippen molar-refractivity contribution in [1.82, 2.24) is 9.36 Å². The number of sulfonamides is 1. The zero-order valence-electron chi connectivity index (χ0n) is 10.6. The van der Waals surface area contributed by atoms with E-state index in [1.807, 2.05) is 0 Å². The third-order valence-corrected chi connectivity index (χ3v) is 5.86. The van der Waals surface area contributed by atoms with E-state index in [2.05, 4.69) is 14.1 Å². The van der Waals surface area contributed by atoms with Gasteiger partial charge in [-0.05, 0) is 36.7 Å². The number of rotatable bonds is 3. The van der Waals surface area contributed by atoms with Gasteiger partial charge in [-0.1, -0.05) is 23.2 Å². The molecule has 0 atom stereocenters. The van der Waals surface area contributed by atoms with E-state index in [-0.39, 0.29) is 10.7 Å². The van der Waals surface area contributed by atoms with E-state index in [0.717, 1.165) is 16.4 Å². The molecule has 0 aliphatic heterocycles. The van der Waals surface area contributed by atoms with Gasteiger partial charge < -0.3 is 4.98 Å². The van der Waals surface area contributed by atoms with Gasteiger partial charge >= 0.3 is 0 Å². The molecular weight excluding hydrogens is 353 g/mol. The number of fused-ring (bicyclic) bond motifs is 1. The van der Waals surface area contributed by atoms with E-state index in [9.17, 15) is 8.42 Å². The maximum atomic E-state index is 12.5. The van der Waals surface area contributed by atoms with Crippen LogP contribution in [-0.4, -0.2) is 17.8 Å². The molecule has 0 aliphatic carbocycles. The molecule has 0 spiro atoms. The first kappa shape index (κ1) is 14.6. The average Bonchev–Trinajstić information content (AvgIpc) is 2.97. The van der Waals surface area contributed by atoms with Crippen LogP contribution in [0.2, 0.25) is 10.0 Å². The highest BCUT2D eigenvalue weighted by molar-refractivity contribution is 7.93. The molecular formula is C12H9Cl2N3O2S2. The summed E-state index contributed by atoms with van der Waals surface area (Å²) in [6.07, 6.45) is 1.41. The Bertz CT molecular complexity index is 931. The summed E-state index contributed by atoms with van der Waals surface area (Å²) in [6.45, 7) is 1.77. The lowest BCUT2D eigenvalue weighted by atomic mass is 10.2. The molecule has 3 rings (SSSR count). The van der Waals surface area contributed by atoms with Crippen LogP contribution in [-0.2, 0) is 10.0 Å². The summed E-state index contributed by atoms with van der Waals surface area (Å²) in [5.74, 6) is 0.141. The van der Waals surface area contributed by atoms with Crippen molar-refractivity contribution in [2.45, 2.75) is 11.8 Å². The van der Waals surface area contributed by atoms with Gasteiger partial charge in [-0.2, -0.15) is 4.37 Å². The fourth-order valence-electron chi connectivity index (χ4n) is 1.90. The Morgan fingerprint density at radius 1 is 1.33 bits per heavy atom. The smallest absolute Gasteiger partial charge is 0.265 e. The molecule has 3 aromatic rings. The minimum Gasteiger partial charge on any atom is -0.360 e. The van der Waals surface area contributed by atoms with Gasteiger partial charge in [0.15, 0.2) is 5.82 Å². The molecule has 0 amide bonds. The van der Waals surface area contributed by atoms with Crippen molar-refractivity contribution in [3.8, 4) is 0 Å². The van der Waals surface area contributed by atoms with Crippen molar-refractivity contribution < 1.29 is 8.42 Å². The van der Waals surface area contributed by atoms with Crippen LogP contribution in [0.15, 0.2) is 29.3 Å². The van der Waals surface area contributed by atoms with E-state index in [4.69, 9.17) is 23.2 Å². The highest BCUT2D eigenvalue weighted by Crippen LogP contribution is 2.31. The molecule has 0 fully saturated rings. The fourth-order valence-corrected chi connectivity index (χ4v) is 4.17. The van der Waals surface area contributed by atoms with E-state index in [0.29, 0.717) is 20.9 Å². The maximum absolute atomic E-state index is 12.5. The molecule has 9 heteroatoms. The van der Waals surface area contributed by atoms with Crippen LogP contribution in [0.5, 0.6) is 0 Å². The van der Waals surface area contributed by atoms with Crippen LogP contribution in [0, 0.1) is 6.92 Å². The van der Waals surface area contributed by atoms with Crippen LogP contribution in [0.4, 0.5) is 5.82 Å². The molecule has 2 N–H and O–H groups in total. The molecule has 0 unspecified atom stereocenters. The molecule has 0 bridgehead atoms. The summed E-state index contributed by atoms with van der Waals surface area (Å²) in [5, 5.41) is 1.39. The lowest BCUT2D eigenvalue weighted by Crippen LogP contribution is -2.13. The fraction of sp³-hybridized carbons (Fsp3) is 0.0833. The summed E-state index contributed by atoms with van der Waals surface area (Å²) in [5.41, 5.74) is 0.642. The SMILES string of the molecule is Cc1snc(NS(=O)(=O)c2c[nH]c3cc(Cl)ccc23)c1Cl. The number of H-pyrrole nitrogens is 1. The first-order chi connectivity index (χ1) is 9.88. The first-order valence-corrected chi connectivity index (χ1v) is 8.81. The summed E-state index contributed by atoms with van der Waals surface area (Å²) in [7, 11) is -3.78. The normalized spacial score (nSPS) is 12.0. The zero-order chi connectivity index (χ0) is 15.2. The first-order valence-electron chi connectivity index (χ1n) is 5.80. The number of anilines is 1. The average molecular weight is 362 g/mol. The molecule has 21 heavy (non-hydrogen) atoms. The van der Waals surface area contributed by atoms with Gasteiger partial charge in [0.1, 0.15) is 4.90 Å². The van der Waals surface area contributed by atoms with Crippen LogP contribution in [0.1, 0.15) is 4.88 Å². The molecule has 0 radical (unpaired) electrons. The Balaban J connectivity index is 2.06. The van der Waals surface area contributed by atoms with Gasteiger partial charge in [-0.25, -0.2) is 8.42 Å². The highest BCUT2D eigenvalue weighted by atomic mass is 35.5. The van der Waals surface area contributed by atoms with E-state index in [1.165, 1.54) is 6.20 Å². The van der Waals surface area contributed by atoms with Gasteiger partial charge in [0.25, 0.3) is 10.0 Å². The predicted octanol–water partition coefficient (Wildman–Crippen LogP) is 4.04. The Hall–Kier alpha value is -1.28. The molecule has 2 aromatic heterocycles. The monoisotopic (exact) mass is 361 g/mol. The number of benzene rings is 1. The Morgan fingerprint density at radius 3 is 2.76 bits per heavy atom. The minimum absolute atomic E-state index is 0.121. The Labute approximate surface area is 135 Å². The van der Waals surface area contributed by atoms with Crippen LogP contribution in [0.25, 0.3) is 10.9 Å². The quantitative estimate of drug-likeness (QED) is 0.738. The van der Waals surface area contributed by atoms with Gasteiger partial charge in [0.05, 0.1) is 5.02 Å². The minimum atomic E-state index is -3.78. The summed E-state index contributed by atoms with van der Waals surface area (Å²) < 4.78 is 31.3. The number of aromatic amines is 1. The van der Waals surface area contributed by atoms with Crippen molar-refractivity contribution in [2.75, 3.05) is 4.72 Å². The summed E-state index contributed by atoms with van der Waals surface area (Å²) in [6, 6.07) is 4.95. The topological polar surface area (TPSA) is 74.8 Å². The standard InChI is InChI=1S/C12H9Cl2N3O2S2/c1-6-11(14)12(16-20-6)17-21(18,19)10-5-15-9-4-7(13)2-3-8(9)10/h2-5,15H,1H3,(H,16,17). The number of hydrogen-bond donors (Lipinski definition) is 2. The summed E-state index contributed by atoms with van der Waals surface area (Å²) >= 11 is 13.0. The highest BCUT2D eigenvalue weighted by Gasteiger charge is 2.22. The number of halogens is 2. The lowest BCUT2D eigenvalue weighted by molar-refractivity contribution is 0.602. The van der Waals surface area contributed by atoms with E-state index in [1.54, 1.807) is 25.1 Å². The molecule has 2 heterocycles. The number of nitrogens with zero attached hydrogens (tertiary/aromatic N) is 1. The van der Waals surface area contributed by atoms with Crippen molar-refractivity contribution in [3.63, 3.8) is 0 Å². The van der Waals surface area contributed by atoms with Crippen LogP contribution < -0.4 is 4.72 Å². The van der Waals surface area contributed by atoms with Crippen molar-refractivity contribution >= 4 is 61.5 Å². The van der Waals surface area contributed by atoms with E-state index < -0.39 is 10.0 Å². The number of hydrogen-bond acceptors (Lipinski definition) is 4. The second-order valence-electron chi connectivity index (χ2n) is 4.35. The van der Waals surface area contributed by atoms with Crippen LogP contribution >= 0.6 is 34.7 Å². The third-order valence-electron chi connectivity index (χ3n) is 2.92. The number of aryl methyl sites for hydroxylation is 1. The zero-order valence-corrected chi connectivity index (χ0v) is 13.8. The molecule has 0 saturated carbocycles. The van der Waals surface area contributed by atoms with Gasteiger partial charge in [-0.3, -0.25) is 4.72 Å². The van der Waals surface area contributed by atoms with Crippen LogP contribution in [0.3, 0.4) is 0 Å². The molecule has 1 aromatic carbocycles. The second-order valence-corrected chi connectivity index (χ2v) is 7.79.